The van der Waals surface area contributed by atoms with Crippen LogP contribution in [-0.4, -0.2) is 192 Å². The highest BCUT2D eigenvalue weighted by molar-refractivity contribution is 5.92. The number of hydrogen-bond donors (Lipinski definition) is 9. The number of amides is 6. The zero-order valence-corrected chi connectivity index (χ0v) is 61.4. The number of halogens is 3. The van der Waals surface area contributed by atoms with Crippen molar-refractivity contribution in [2.45, 2.75) is 133 Å². The van der Waals surface area contributed by atoms with E-state index in [2.05, 4.69) is 113 Å². The molecule has 0 aliphatic carbocycles. The van der Waals surface area contributed by atoms with E-state index < -0.39 is 53.8 Å². The van der Waals surface area contributed by atoms with E-state index in [1.54, 1.807) is 14.7 Å². The molecule has 108 heavy (non-hydrogen) atoms. The van der Waals surface area contributed by atoms with Crippen molar-refractivity contribution < 1.29 is 57.3 Å². The third-order valence-corrected chi connectivity index (χ3v) is 23.5. The quantitative estimate of drug-likeness (QED) is 0.0464. The smallest absolute Gasteiger partial charge is 0.416 e. The Bertz CT molecular complexity index is 4570. The van der Waals surface area contributed by atoms with E-state index >= 15 is 0 Å². The van der Waals surface area contributed by atoms with Crippen LogP contribution < -0.4 is 16.0 Å². The summed E-state index contributed by atoms with van der Waals surface area (Å²) in [7, 11) is 0. The lowest BCUT2D eigenvalue weighted by Gasteiger charge is -2.41. The number of H-pyrrole nitrogens is 3. The molecule has 6 amide bonds. The lowest BCUT2D eigenvalue weighted by Crippen LogP contribution is -2.52. The molecule has 6 aromatic carbocycles. The van der Waals surface area contributed by atoms with Crippen molar-refractivity contribution in [2.75, 3.05) is 94.5 Å². The van der Waals surface area contributed by atoms with Crippen molar-refractivity contribution in [3.05, 3.63) is 198 Å². The van der Waals surface area contributed by atoms with E-state index in [-0.39, 0.29) is 35.5 Å². The molecule has 3 aromatic heterocycles. The number of likely N-dealkylation sites (tertiary alicyclic amines) is 6. The predicted octanol–water partition coefficient (Wildman–Crippen LogP) is 15.9. The maximum absolute atomic E-state index is 13.0. The van der Waals surface area contributed by atoms with Gasteiger partial charge in [-0.05, 0) is 249 Å². The number of aromatic nitrogens is 3. The van der Waals surface area contributed by atoms with Gasteiger partial charge >= 0.3 is 42.2 Å². The fourth-order valence-electron chi connectivity index (χ4n) is 17.7. The number of anilines is 3. The topological polar surface area (TPSA) is 266 Å². The standard InChI is InChI=1S/C28H31F3N4O3.2C28H34N4O3/c29-28(30,31)20-4-3-5-21(16-20)33-27(38)35-14-10-19(11-15-35)25(26(36)37)34-12-8-18(9-13-34)23-17-32-24-7-2-1-6-22(23)24;1-19-5-4-6-22(17-19)30-28(35)32-15-11-21(12-16-32)26(27(33)34)31-13-9-20(10-14-31)24-18-29-25-8-3-2-7-23(24)25;1-19-6-8-22(9-7-19)30-28(35)32-16-12-21(13-17-32)26(27(33)34)31-14-10-20(11-15-31)24-18-29-25-5-3-2-4-23(24)25/h1-7,16-19,25,32H,8-15H2,(H,33,38)(H,36,37);2-8,17-18,20-21,26,29H,9-16H2,1H3,(H,30,35)(H,33,34);2-9,18,20-21,26,29H,10-17H2,1H3,(H,30,35)(H,33,34). The average molecular weight is 1480 g/mol. The van der Waals surface area contributed by atoms with Gasteiger partial charge in [-0.1, -0.05) is 90.5 Å². The van der Waals surface area contributed by atoms with Gasteiger partial charge in [0, 0.05) is 108 Å². The van der Waals surface area contributed by atoms with E-state index in [0.29, 0.717) is 109 Å². The van der Waals surface area contributed by atoms with Crippen molar-refractivity contribution in [1.29, 1.82) is 0 Å². The van der Waals surface area contributed by atoms with E-state index in [9.17, 15) is 57.3 Å². The Morgan fingerprint density at radius 1 is 0.370 bits per heavy atom. The second-order valence-electron chi connectivity index (χ2n) is 30.2. The molecule has 6 aliphatic rings. The number of nitrogens with zero attached hydrogens (tertiary/aromatic N) is 6. The van der Waals surface area contributed by atoms with Crippen LogP contribution in [0, 0.1) is 31.6 Å². The molecule has 6 fully saturated rings. The molecule has 0 radical (unpaired) electrons. The maximum Gasteiger partial charge on any atom is 0.416 e. The first-order chi connectivity index (χ1) is 52.2. The number of hydrogen-bond acceptors (Lipinski definition) is 9. The number of nitrogens with one attached hydrogen (secondary N) is 6. The number of alkyl halides is 3. The number of carbonyl (C=O) groups is 6. The van der Waals surface area contributed by atoms with Gasteiger partial charge < -0.3 is 60.9 Å². The minimum Gasteiger partial charge on any atom is -0.480 e. The van der Waals surface area contributed by atoms with Crippen LogP contribution in [0.25, 0.3) is 32.7 Å². The summed E-state index contributed by atoms with van der Waals surface area (Å²) in [6.07, 6.45) is 11.3. The average Bonchev–Trinajstić information content (AvgIpc) is 1.01. The third kappa shape index (κ3) is 18.2. The van der Waals surface area contributed by atoms with Crippen LogP contribution in [0.2, 0.25) is 0 Å². The van der Waals surface area contributed by atoms with Gasteiger partial charge in [0.1, 0.15) is 18.1 Å². The van der Waals surface area contributed by atoms with E-state index in [1.807, 2.05) is 86.6 Å². The molecule has 9 heterocycles. The number of rotatable bonds is 15. The van der Waals surface area contributed by atoms with Gasteiger partial charge in [0.05, 0.1) is 5.56 Å². The summed E-state index contributed by atoms with van der Waals surface area (Å²) in [6.45, 7) is 11.6. The lowest BCUT2D eigenvalue weighted by molar-refractivity contribution is -0.147. The Balaban J connectivity index is 0.000000143. The molecule has 15 rings (SSSR count). The fraction of sp³-hybridized carbons (Fsp3) is 0.429. The highest BCUT2D eigenvalue weighted by atomic mass is 19.4. The summed E-state index contributed by atoms with van der Waals surface area (Å²) in [6, 6.07) is 42.7. The summed E-state index contributed by atoms with van der Waals surface area (Å²) in [5.41, 5.74) is 10.5. The monoisotopic (exact) mass is 1480 g/mol. The number of aliphatic carboxylic acids is 3. The second-order valence-corrected chi connectivity index (χ2v) is 30.2. The summed E-state index contributed by atoms with van der Waals surface area (Å²) < 4.78 is 38.9. The number of fused-ring (bicyclic) bond motifs is 3. The number of carbonyl (C=O) groups excluding carboxylic acids is 3. The van der Waals surface area contributed by atoms with Gasteiger partial charge in [0.25, 0.3) is 0 Å². The molecule has 3 unspecified atom stereocenters. The normalized spacial score (nSPS) is 19.0. The summed E-state index contributed by atoms with van der Waals surface area (Å²) in [5.74, 6) is -1.04. The molecule has 6 saturated heterocycles. The van der Waals surface area contributed by atoms with Gasteiger partial charge in [-0.15, -0.1) is 0 Å². The molecule has 9 aromatic rings. The minimum absolute atomic E-state index is 0.0557. The van der Waals surface area contributed by atoms with E-state index in [0.717, 1.165) is 116 Å². The minimum atomic E-state index is -4.49. The zero-order chi connectivity index (χ0) is 75.6. The number of aromatic amines is 3. The molecule has 3 atom stereocenters. The first kappa shape index (κ1) is 76.0. The maximum atomic E-state index is 13.0. The highest BCUT2D eigenvalue weighted by Gasteiger charge is 2.43. The van der Waals surface area contributed by atoms with E-state index in [1.165, 1.54) is 45.0 Å². The second kappa shape index (κ2) is 34.4. The molecule has 24 heteroatoms. The summed E-state index contributed by atoms with van der Waals surface area (Å²) in [5, 5.41) is 42.6. The van der Waals surface area contributed by atoms with Crippen LogP contribution in [0.5, 0.6) is 0 Å². The van der Waals surface area contributed by atoms with Gasteiger partial charge in [-0.25, -0.2) is 14.4 Å². The largest absolute Gasteiger partial charge is 0.480 e. The number of para-hydroxylation sites is 3. The van der Waals surface area contributed by atoms with Gasteiger partial charge in [0.2, 0.25) is 0 Å². The molecule has 9 N–H and O–H groups in total. The molecule has 6 aliphatic heterocycles. The van der Waals surface area contributed by atoms with E-state index in [4.69, 9.17) is 0 Å². The van der Waals surface area contributed by atoms with Gasteiger partial charge in [-0.3, -0.25) is 29.1 Å². The number of aryl methyl sites for hydroxylation is 2. The first-order valence-electron chi connectivity index (χ1n) is 38.3. The predicted molar refractivity (Wildman–Crippen MR) is 414 cm³/mol. The Morgan fingerprint density at radius 3 is 1.01 bits per heavy atom. The Morgan fingerprint density at radius 2 is 0.685 bits per heavy atom. The molecular formula is C84H99F3N12O9. The van der Waals surface area contributed by atoms with Crippen molar-refractivity contribution in [3.8, 4) is 0 Å². The van der Waals surface area contributed by atoms with Crippen molar-refractivity contribution >= 4 is 85.8 Å². The third-order valence-electron chi connectivity index (χ3n) is 23.5. The Kier molecular flexibility index (Phi) is 24.2. The zero-order valence-electron chi connectivity index (χ0n) is 61.4. The number of urea groups is 3. The molecule has 570 valence electrons. The van der Waals surface area contributed by atoms with Crippen LogP contribution in [-0.2, 0) is 20.6 Å². The van der Waals surface area contributed by atoms with Gasteiger partial charge in [0.15, 0.2) is 0 Å². The highest BCUT2D eigenvalue weighted by Crippen LogP contribution is 2.40. The molecule has 0 saturated carbocycles. The number of piperidine rings is 6. The molecular weight excluding hydrogens is 1380 g/mol. The molecule has 0 bridgehead atoms. The summed E-state index contributed by atoms with van der Waals surface area (Å²) in [4.78, 5) is 96.7. The number of carboxylic acid groups (broad SMARTS) is 3. The van der Waals surface area contributed by atoms with Gasteiger partial charge in [-0.2, -0.15) is 13.2 Å². The van der Waals surface area contributed by atoms with Crippen molar-refractivity contribution in [2.24, 2.45) is 17.8 Å². The Hall–Kier alpha value is -10.2. The lowest BCUT2D eigenvalue weighted by atomic mass is 9.84. The molecule has 21 nitrogen and oxygen atoms in total. The van der Waals surface area contributed by atoms with Crippen LogP contribution in [0.1, 0.15) is 128 Å². The SMILES string of the molecule is Cc1ccc(NC(=O)N2CCC(C(C(=O)O)N3CCC(c4c[nH]c5ccccc45)CC3)CC2)cc1.Cc1cccc(NC(=O)N2CCC(C(C(=O)O)N3CCC(c4c[nH]c5ccccc45)CC3)CC2)c1.O=C(O)C(C1CCN(C(=O)Nc2cccc(C(F)(F)F)c2)CC1)N1CCC(c2c[nH]c3ccccc23)CC1. The first-order valence-corrected chi connectivity index (χ1v) is 38.3. The number of carboxylic acids is 3. The molecule has 0 spiro atoms. The van der Waals surface area contributed by atoms with Crippen molar-refractivity contribution in [3.63, 3.8) is 0 Å². The number of benzene rings is 6. The van der Waals surface area contributed by atoms with Crippen LogP contribution >= 0.6 is 0 Å². The van der Waals surface area contributed by atoms with Crippen LogP contribution in [0.15, 0.2) is 164 Å². The van der Waals surface area contributed by atoms with Crippen LogP contribution in [0.3, 0.4) is 0 Å². The Labute approximate surface area is 627 Å². The van der Waals surface area contributed by atoms with Crippen LogP contribution in [0.4, 0.5) is 44.6 Å². The summed E-state index contributed by atoms with van der Waals surface area (Å²) >= 11 is 0. The fourth-order valence-corrected chi connectivity index (χ4v) is 17.7. The van der Waals surface area contributed by atoms with Crippen molar-refractivity contribution in [1.82, 2.24) is 44.4 Å².